The van der Waals surface area contributed by atoms with Gasteiger partial charge in [-0.3, -0.25) is 0 Å². The maximum Gasteiger partial charge on any atom is 0.434 e. The van der Waals surface area contributed by atoms with Crippen molar-refractivity contribution in [3.63, 3.8) is 0 Å². The molecule has 0 saturated carbocycles. The summed E-state index contributed by atoms with van der Waals surface area (Å²) >= 11 is 0. The third-order valence-corrected chi connectivity index (χ3v) is 2.73. The third kappa shape index (κ3) is 5.54. The number of benzene rings is 1. The largest absolute Gasteiger partial charge is 0.434 e. The van der Waals surface area contributed by atoms with E-state index in [1.165, 1.54) is 10.9 Å². The smallest absolute Gasteiger partial charge is 0.306 e. The Labute approximate surface area is 130 Å². The number of imidazole rings is 1. The Bertz CT molecular complexity index is 564. The van der Waals surface area contributed by atoms with E-state index in [1.807, 2.05) is 12.1 Å². The molecule has 0 bridgehead atoms. The molecule has 5 heteroatoms. The van der Waals surface area contributed by atoms with Crippen molar-refractivity contribution in [3.8, 4) is 5.69 Å². The van der Waals surface area contributed by atoms with Gasteiger partial charge in [0.1, 0.15) is 0 Å². The minimum atomic E-state index is -4.40. The van der Waals surface area contributed by atoms with Gasteiger partial charge in [-0.05, 0) is 29.5 Å². The molecule has 1 aromatic carbocycles. The molecule has 0 amide bonds. The zero-order chi connectivity index (χ0) is 16.9. The Balaban J connectivity index is 0.000000541. The lowest BCUT2D eigenvalue weighted by atomic mass is 10.0. The standard InChI is InChI=1S/C13H13F3N2.C4H10/c1-9(2)10-3-5-11(6-4-10)18-7-12(17-8-18)13(14,15)16;1-4(2)3/h3-9H,1-2H3;4H,1-3H3. The van der Waals surface area contributed by atoms with Crippen molar-refractivity contribution in [2.75, 3.05) is 0 Å². The molecule has 0 unspecified atom stereocenters. The first-order valence-corrected chi connectivity index (χ1v) is 7.32. The predicted octanol–water partition coefficient (Wildman–Crippen LogP) is 5.68. The summed E-state index contributed by atoms with van der Waals surface area (Å²) in [5.41, 5.74) is 0.938. The highest BCUT2D eigenvalue weighted by Gasteiger charge is 2.33. The number of aromatic nitrogens is 2. The normalized spacial score (nSPS) is 11.5. The van der Waals surface area contributed by atoms with E-state index in [2.05, 4.69) is 39.6 Å². The summed E-state index contributed by atoms with van der Waals surface area (Å²) in [6.45, 7) is 10.6. The van der Waals surface area contributed by atoms with Crippen LogP contribution in [0.5, 0.6) is 0 Å². The van der Waals surface area contributed by atoms with Crippen molar-refractivity contribution in [2.45, 2.75) is 46.7 Å². The average molecular weight is 312 g/mol. The van der Waals surface area contributed by atoms with Crippen LogP contribution < -0.4 is 0 Å². The lowest BCUT2D eigenvalue weighted by Gasteiger charge is -2.07. The van der Waals surface area contributed by atoms with Gasteiger partial charge in [0.2, 0.25) is 0 Å². The van der Waals surface area contributed by atoms with Gasteiger partial charge in [-0.2, -0.15) is 13.2 Å². The van der Waals surface area contributed by atoms with Crippen LogP contribution in [0.4, 0.5) is 13.2 Å². The van der Waals surface area contributed by atoms with Gasteiger partial charge < -0.3 is 4.57 Å². The molecule has 1 heterocycles. The van der Waals surface area contributed by atoms with Gasteiger partial charge in [0.25, 0.3) is 0 Å². The van der Waals surface area contributed by atoms with Crippen LogP contribution in [0.15, 0.2) is 36.8 Å². The van der Waals surface area contributed by atoms with Crippen LogP contribution in [-0.4, -0.2) is 9.55 Å². The fourth-order valence-electron chi connectivity index (χ4n) is 1.64. The number of hydrogen-bond donors (Lipinski definition) is 0. The first kappa shape index (κ1) is 18.3. The van der Waals surface area contributed by atoms with Crippen molar-refractivity contribution >= 4 is 0 Å². The molecule has 0 atom stereocenters. The molecular formula is C17H23F3N2. The first-order chi connectivity index (χ1) is 10.1. The number of halogens is 3. The monoisotopic (exact) mass is 312 g/mol. The second-order valence-electron chi connectivity index (χ2n) is 6.14. The molecule has 0 aliphatic carbocycles. The van der Waals surface area contributed by atoms with Crippen molar-refractivity contribution in [1.82, 2.24) is 9.55 Å². The Morgan fingerprint density at radius 3 is 1.82 bits per heavy atom. The van der Waals surface area contributed by atoms with Gasteiger partial charge in [0.05, 0.1) is 6.33 Å². The molecule has 0 spiro atoms. The van der Waals surface area contributed by atoms with Gasteiger partial charge in [0.15, 0.2) is 5.69 Å². The van der Waals surface area contributed by atoms with E-state index in [-0.39, 0.29) is 0 Å². The molecule has 0 aliphatic rings. The summed E-state index contributed by atoms with van der Waals surface area (Å²) in [5.74, 6) is 1.23. The van der Waals surface area contributed by atoms with Crippen LogP contribution in [0.3, 0.4) is 0 Å². The predicted molar refractivity (Wildman–Crippen MR) is 83.2 cm³/mol. The lowest BCUT2D eigenvalue weighted by molar-refractivity contribution is -0.140. The van der Waals surface area contributed by atoms with Crippen LogP contribution in [0.2, 0.25) is 0 Å². The highest BCUT2D eigenvalue weighted by molar-refractivity contribution is 5.36. The van der Waals surface area contributed by atoms with Crippen molar-refractivity contribution in [3.05, 3.63) is 48.0 Å². The SMILES string of the molecule is CC(C)C.CC(C)c1ccc(-n2cnc(C(F)(F)F)c2)cc1. The highest BCUT2D eigenvalue weighted by Crippen LogP contribution is 2.28. The van der Waals surface area contributed by atoms with Crippen molar-refractivity contribution < 1.29 is 13.2 Å². The fourth-order valence-corrected chi connectivity index (χ4v) is 1.64. The van der Waals surface area contributed by atoms with Crippen LogP contribution in [0.1, 0.15) is 51.8 Å². The maximum atomic E-state index is 12.4. The molecule has 0 fully saturated rings. The van der Waals surface area contributed by atoms with E-state index < -0.39 is 11.9 Å². The Morgan fingerprint density at radius 2 is 1.45 bits per heavy atom. The Kier molecular flexibility index (Phi) is 6.21. The minimum Gasteiger partial charge on any atom is -0.306 e. The Hall–Kier alpha value is -1.78. The summed E-state index contributed by atoms with van der Waals surface area (Å²) in [7, 11) is 0. The quantitative estimate of drug-likeness (QED) is 0.698. The van der Waals surface area contributed by atoms with E-state index >= 15 is 0 Å². The molecule has 0 saturated heterocycles. The number of alkyl halides is 3. The number of nitrogens with zero attached hydrogens (tertiary/aromatic N) is 2. The minimum absolute atomic E-state index is 0.396. The van der Waals surface area contributed by atoms with E-state index in [0.29, 0.717) is 11.6 Å². The fraction of sp³-hybridized carbons (Fsp3) is 0.471. The van der Waals surface area contributed by atoms with E-state index in [0.717, 1.165) is 17.7 Å². The second-order valence-corrected chi connectivity index (χ2v) is 6.14. The summed E-state index contributed by atoms with van der Waals surface area (Å²) in [6.07, 6.45) is -2.24. The van der Waals surface area contributed by atoms with Crippen LogP contribution >= 0.6 is 0 Å². The molecule has 2 nitrogen and oxygen atoms in total. The lowest BCUT2D eigenvalue weighted by Crippen LogP contribution is -2.04. The van der Waals surface area contributed by atoms with Gasteiger partial charge in [-0.15, -0.1) is 0 Å². The van der Waals surface area contributed by atoms with Crippen LogP contribution in [0, 0.1) is 5.92 Å². The molecule has 0 N–H and O–H groups in total. The molecule has 1 aromatic heterocycles. The maximum absolute atomic E-state index is 12.4. The van der Waals surface area contributed by atoms with Crippen molar-refractivity contribution in [2.24, 2.45) is 5.92 Å². The van der Waals surface area contributed by atoms with E-state index in [9.17, 15) is 13.2 Å². The molecule has 122 valence electrons. The number of hydrogen-bond acceptors (Lipinski definition) is 1. The first-order valence-electron chi connectivity index (χ1n) is 7.32. The molecular weight excluding hydrogens is 289 g/mol. The summed E-state index contributed by atoms with van der Waals surface area (Å²) in [5, 5.41) is 0. The second kappa shape index (κ2) is 7.47. The summed E-state index contributed by atoms with van der Waals surface area (Å²) in [6, 6.07) is 7.40. The third-order valence-electron chi connectivity index (χ3n) is 2.73. The molecule has 0 radical (unpaired) electrons. The highest BCUT2D eigenvalue weighted by atomic mass is 19.4. The topological polar surface area (TPSA) is 17.8 Å². The molecule has 2 rings (SSSR count). The van der Waals surface area contributed by atoms with E-state index in [1.54, 1.807) is 12.1 Å². The Morgan fingerprint density at radius 1 is 0.955 bits per heavy atom. The van der Waals surface area contributed by atoms with Crippen LogP contribution in [-0.2, 0) is 6.18 Å². The molecule has 2 aromatic rings. The number of rotatable bonds is 2. The average Bonchev–Trinajstić information content (AvgIpc) is 2.87. The zero-order valence-electron chi connectivity index (χ0n) is 13.6. The van der Waals surface area contributed by atoms with E-state index in [4.69, 9.17) is 0 Å². The molecule has 22 heavy (non-hydrogen) atoms. The summed E-state index contributed by atoms with van der Waals surface area (Å²) < 4.78 is 38.6. The van der Waals surface area contributed by atoms with Gasteiger partial charge >= 0.3 is 6.18 Å². The molecule has 0 aliphatic heterocycles. The van der Waals surface area contributed by atoms with Gasteiger partial charge in [0, 0.05) is 11.9 Å². The van der Waals surface area contributed by atoms with Crippen molar-refractivity contribution in [1.29, 1.82) is 0 Å². The summed E-state index contributed by atoms with van der Waals surface area (Å²) in [4.78, 5) is 3.36. The van der Waals surface area contributed by atoms with Crippen LogP contribution in [0.25, 0.3) is 5.69 Å². The zero-order valence-corrected chi connectivity index (χ0v) is 13.6. The van der Waals surface area contributed by atoms with Gasteiger partial charge in [-0.25, -0.2) is 4.98 Å². The van der Waals surface area contributed by atoms with Gasteiger partial charge in [-0.1, -0.05) is 46.8 Å².